The Hall–Kier alpha value is -1.20. The van der Waals surface area contributed by atoms with Crippen molar-refractivity contribution in [1.29, 1.82) is 0 Å². The fourth-order valence-corrected chi connectivity index (χ4v) is 8.72. The van der Waals surface area contributed by atoms with Crippen molar-refractivity contribution < 1.29 is 149 Å². The lowest BCUT2D eigenvalue weighted by Crippen LogP contribution is -2.68. The van der Waals surface area contributed by atoms with Gasteiger partial charge in [-0.15, -0.1) is 0 Å². The Morgan fingerprint density at radius 2 is 0.636 bits per heavy atom. The Labute approximate surface area is 372 Å². The first-order valence-corrected chi connectivity index (χ1v) is 21.1. The minimum absolute atomic E-state index is 0.871. The van der Waals surface area contributed by atoms with E-state index in [-0.39, 0.29) is 0 Å². The third-order valence-corrected chi connectivity index (χ3v) is 12.6. The highest BCUT2D eigenvalue weighted by Gasteiger charge is 2.57. The molecule has 0 unspecified atom stereocenters. The predicted molar refractivity (Wildman–Crippen MR) is 196 cm³/mol. The van der Waals surface area contributed by atoms with Crippen molar-refractivity contribution >= 4 is 0 Å². The van der Waals surface area contributed by atoms with Gasteiger partial charge in [-0.25, -0.2) is 0 Å². The zero-order chi connectivity index (χ0) is 48.0. The molecule has 30 nitrogen and oxygen atoms in total. The molecule has 30 heteroatoms. The first-order valence-electron chi connectivity index (χ1n) is 21.1. The van der Waals surface area contributed by atoms with E-state index in [9.17, 15) is 91.9 Å². The molecule has 0 radical (unpaired) electrons. The Bertz CT molecular complexity index is 1410. The Morgan fingerprint density at radius 3 is 0.970 bits per heavy atom. The van der Waals surface area contributed by atoms with Crippen LogP contribution in [0, 0.1) is 0 Å². The maximum atomic E-state index is 11.4. The minimum Gasteiger partial charge on any atom is -0.394 e. The molecule has 0 aromatic carbocycles. The smallest absolute Gasteiger partial charge is 0.187 e. The molecule has 0 saturated carbocycles. The lowest BCUT2D eigenvalue weighted by Gasteiger charge is -2.50. The second-order valence-electron chi connectivity index (χ2n) is 16.9. The zero-order valence-corrected chi connectivity index (χ0v) is 34.5. The summed E-state index contributed by atoms with van der Waals surface area (Å²) in [5.74, 6) is 0. The van der Waals surface area contributed by atoms with Crippen molar-refractivity contribution in [3.63, 3.8) is 0 Å². The van der Waals surface area contributed by atoms with Crippen LogP contribution in [0.5, 0.6) is 0 Å². The fraction of sp³-hybridized carbons (Fsp3) is 1.00. The van der Waals surface area contributed by atoms with Crippen molar-refractivity contribution in [3.8, 4) is 0 Å². The van der Waals surface area contributed by atoms with E-state index in [1.807, 2.05) is 0 Å². The summed E-state index contributed by atoms with van der Waals surface area (Å²) >= 11 is 0. The molecule has 0 aliphatic carbocycles. The molecule has 0 spiro atoms. The lowest BCUT2D eigenvalue weighted by atomic mass is 9.95. The summed E-state index contributed by atoms with van der Waals surface area (Å²) in [6.07, 6.45) is -57.5. The molecule has 30 atom stereocenters. The second kappa shape index (κ2) is 22.1. The van der Waals surface area contributed by atoms with Crippen molar-refractivity contribution in [1.82, 2.24) is 0 Å². The Morgan fingerprint density at radius 1 is 0.303 bits per heavy atom. The molecule has 10 saturated heterocycles. The van der Waals surface area contributed by atoms with Gasteiger partial charge in [0.05, 0.1) is 39.6 Å². The Balaban J connectivity index is 1.19. The van der Waals surface area contributed by atoms with Crippen LogP contribution in [-0.4, -0.2) is 316 Å². The van der Waals surface area contributed by atoms with Gasteiger partial charge in [0.2, 0.25) is 0 Å². The zero-order valence-electron chi connectivity index (χ0n) is 34.5. The molecule has 10 aliphatic rings. The molecule has 0 aromatic heterocycles. The highest BCUT2D eigenvalue weighted by molar-refractivity contribution is 5.00. The van der Waals surface area contributed by atoms with Crippen molar-refractivity contribution in [2.24, 2.45) is 0 Å². The molecule has 384 valence electrons. The van der Waals surface area contributed by atoms with Crippen molar-refractivity contribution in [2.45, 2.75) is 184 Å². The van der Waals surface area contributed by atoms with Gasteiger partial charge in [-0.1, -0.05) is 0 Å². The number of aliphatic hydroxyl groups is 18. The second-order valence-corrected chi connectivity index (χ2v) is 16.9. The van der Waals surface area contributed by atoms with Gasteiger partial charge in [0.25, 0.3) is 0 Å². The number of aliphatic hydroxyl groups excluding tert-OH is 18. The van der Waals surface area contributed by atoms with E-state index in [0.29, 0.717) is 0 Å². The number of rotatable bonds is 8. The summed E-state index contributed by atoms with van der Waals surface area (Å²) in [7, 11) is 0. The summed E-state index contributed by atoms with van der Waals surface area (Å²) in [6, 6.07) is 0. The van der Waals surface area contributed by atoms with E-state index in [4.69, 9.17) is 56.8 Å². The third kappa shape index (κ3) is 10.3. The van der Waals surface area contributed by atoms with Crippen LogP contribution in [0.2, 0.25) is 0 Å². The van der Waals surface area contributed by atoms with Gasteiger partial charge >= 0.3 is 0 Å². The third-order valence-electron chi connectivity index (χ3n) is 12.6. The van der Waals surface area contributed by atoms with E-state index in [1.165, 1.54) is 0 Å². The molecule has 10 rings (SSSR count). The standard InChI is InChI=1S/C36H60O30/c37-1-7-13(41)15(43)21(49)33(57-7)65-29-11-5-55-31-23(51)17(45)28(10(4-40)59-31)64-36-26(54)20(48)30(66-34-22(50)16(44)14(42)8(2-38)58-34)12(62-36)6-56-32-24(52)18(46)27(9(3-39)60-32)63-35(61-11)25(53)19(29)47/h7-54H,1-6H2/t7-,8-,9-,10-,11-,12-,13-,14-,15+,16+,17-,18-,19-,20-,21-,22-,23-,24-,25-,26-,27-,28-,29-,30-,31+,32+,33-,34-,35-,36-/m1/s1. The van der Waals surface area contributed by atoms with Crippen molar-refractivity contribution in [3.05, 3.63) is 0 Å². The van der Waals surface area contributed by atoms with Gasteiger partial charge < -0.3 is 149 Å². The van der Waals surface area contributed by atoms with Crippen LogP contribution in [0.25, 0.3) is 0 Å². The van der Waals surface area contributed by atoms with Crippen LogP contribution in [0.3, 0.4) is 0 Å². The average Bonchev–Trinajstić information content (AvgIpc) is 3.30. The first-order chi connectivity index (χ1) is 31.3. The van der Waals surface area contributed by atoms with E-state index in [2.05, 4.69) is 0 Å². The normalized spacial score (nSPS) is 55.4. The SMILES string of the molecule is OC[C@H]1O[C@H](O[C@H]2[C@H](O)[C@@H](O)[C@H]3O[C@H]4[C@H](O)[C@@H](O)[C@@H](OC[C@H]5O[C@H](O[C@H]6[C@H](O)[C@@H](O)[C@@H](OC[C@H]2O3)O[C@@H]6CO)[C@H](O)[C@@H](O)[C@@H]5O[C@H]2O[C@H](CO)[C@@H](O)[C@H](O)[C@H]2O)O[C@@H]4CO)[C@H](O)[C@@H](O)[C@@H]1O. The maximum absolute atomic E-state index is 11.4. The maximum Gasteiger partial charge on any atom is 0.187 e. The molecule has 0 amide bonds. The van der Waals surface area contributed by atoms with Crippen LogP contribution < -0.4 is 0 Å². The Kier molecular flexibility index (Phi) is 17.6. The largest absolute Gasteiger partial charge is 0.394 e. The highest BCUT2D eigenvalue weighted by atomic mass is 16.8. The van der Waals surface area contributed by atoms with Crippen LogP contribution in [-0.2, 0) is 56.8 Å². The molecule has 18 N–H and O–H groups in total. The topological polar surface area (TPSA) is 475 Å². The van der Waals surface area contributed by atoms with Crippen LogP contribution in [0.1, 0.15) is 0 Å². The molecule has 10 fully saturated rings. The molecular weight excluding hydrogens is 912 g/mol. The van der Waals surface area contributed by atoms with Gasteiger partial charge in [-0.05, 0) is 0 Å². The number of ether oxygens (including phenoxy) is 12. The first kappa shape index (κ1) is 52.6. The van der Waals surface area contributed by atoms with E-state index >= 15 is 0 Å². The number of hydrogen-bond acceptors (Lipinski definition) is 30. The molecule has 10 aliphatic heterocycles. The monoisotopic (exact) mass is 972 g/mol. The molecule has 10 heterocycles. The summed E-state index contributed by atoms with van der Waals surface area (Å²) in [6.45, 7) is -5.46. The van der Waals surface area contributed by atoms with E-state index in [1.54, 1.807) is 0 Å². The van der Waals surface area contributed by atoms with E-state index < -0.39 is 224 Å². The van der Waals surface area contributed by atoms with Gasteiger partial charge in [-0.2, -0.15) is 0 Å². The number of hydrogen-bond donors (Lipinski definition) is 18. The minimum atomic E-state index is -2.17. The predicted octanol–water partition coefficient (Wildman–Crippen LogP) is -13.1. The summed E-state index contributed by atoms with van der Waals surface area (Å²) in [5, 5.41) is 193. The highest BCUT2D eigenvalue weighted by Crippen LogP contribution is 2.37. The van der Waals surface area contributed by atoms with Crippen LogP contribution in [0.15, 0.2) is 0 Å². The van der Waals surface area contributed by atoms with Gasteiger partial charge in [0, 0.05) is 0 Å². The summed E-state index contributed by atoms with van der Waals surface area (Å²) < 4.78 is 68.6. The summed E-state index contributed by atoms with van der Waals surface area (Å²) in [4.78, 5) is 0. The quantitative estimate of drug-likeness (QED) is 0.107. The molecule has 8 bridgehead atoms. The van der Waals surface area contributed by atoms with Crippen LogP contribution >= 0.6 is 0 Å². The van der Waals surface area contributed by atoms with Crippen molar-refractivity contribution in [2.75, 3.05) is 39.6 Å². The fourth-order valence-electron chi connectivity index (χ4n) is 8.72. The van der Waals surface area contributed by atoms with E-state index in [0.717, 1.165) is 0 Å². The average molecular weight is 973 g/mol. The van der Waals surface area contributed by atoms with Gasteiger partial charge in [0.1, 0.15) is 146 Å². The molecule has 0 aromatic rings. The van der Waals surface area contributed by atoms with Gasteiger partial charge in [-0.3, -0.25) is 0 Å². The molecule has 66 heavy (non-hydrogen) atoms. The molecular formula is C36H60O30. The van der Waals surface area contributed by atoms with Gasteiger partial charge in [0.15, 0.2) is 37.7 Å². The summed E-state index contributed by atoms with van der Waals surface area (Å²) in [5.41, 5.74) is 0. The lowest BCUT2D eigenvalue weighted by molar-refractivity contribution is -0.397. The van der Waals surface area contributed by atoms with Crippen LogP contribution in [0.4, 0.5) is 0 Å².